The van der Waals surface area contributed by atoms with Gasteiger partial charge in [-0.2, -0.15) is 0 Å². The Labute approximate surface area is 213 Å². The highest BCUT2D eigenvalue weighted by Crippen LogP contribution is 2.20. The number of ether oxygens (including phenoxy) is 1. The molecule has 0 saturated heterocycles. The Morgan fingerprint density at radius 3 is 2.19 bits per heavy atom. The maximum atomic E-state index is 13.3. The highest BCUT2D eigenvalue weighted by Gasteiger charge is 2.27. The van der Waals surface area contributed by atoms with Gasteiger partial charge < -0.3 is 15.0 Å². The van der Waals surface area contributed by atoms with Crippen molar-refractivity contribution in [3.8, 4) is 5.75 Å². The summed E-state index contributed by atoms with van der Waals surface area (Å²) in [5, 5.41) is 2.92. The normalized spacial score (nSPS) is 12.9. The van der Waals surface area contributed by atoms with Gasteiger partial charge in [0.15, 0.2) is 0 Å². The summed E-state index contributed by atoms with van der Waals surface area (Å²) >= 11 is 0. The van der Waals surface area contributed by atoms with Gasteiger partial charge in [0.25, 0.3) is 0 Å². The summed E-state index contributed by atoms with van der Waals surface area (Å²) in [6.07, 6.45) is 2.08. The van der Waals surface area contributed by atoms with Crippen molar-refractivity contribution in [2.75, 3.05) is 24.2 Å². The number of rotatable bonds is 13. The number of carbonyl (C=O) groups is 2. The highest BCUT2D eigenvalue weighted by molar-refractivity contribution is 7.92. The Morgan fingerprint density at radius 1 is 1.06 bits per heavy atom. The van der Waals surface area contributed by atoms with Crippen molar-refractivity contribution >= 4 is 27.5 Å². The molecule has 10 heteroatoms. The van der Waals surface area contributed by atoms with Gasteiger partial charge in [-0.3, -0.25) is 13.9 Å². The smallest absolute Gasteiger partial charge is 0.242 e. The molecule has 0 heterocycles. The number of anilines is 1. The van der Waals surface area contributed by atoms with E-state index in [1.165, 1.54) is 29.2 Å². The Hall–Kier alpha value is -3.14. The molecule has 0 spiro atoms. The van der Waals surface area contributed by atoms with E-state index in [0.717, 1.165) is 22.5 Å². The van der Waals surface area contributed by atoms with Crippen LogP contribution in [0.5, 0.6) is 5.75 Å². The molecule has 2 amide bonds. The third kappa shape index (κ3) is 8.51. The van der Waals surface area contributed by atoms with Crippen LogP contribution in [-0.4, -0.2) is 57.1 Å². The average Bonchev–Trinajstić information content (AvgIpc) is 2.84. The van der Waals surface area contributed by atoms with Crippen LogP contribution in [0.3, 0.4) is 0 Å². The molecule has 2 aromatic rings. The van der Waals surface area contributed by atoms with Gasteiger partial charge in [0, 0.05) is 25.6 Å². The van der Waals surface area contributed by atoms with Crippen molar-refractivity contribution in [2.24, 2.45) is 0 Å². The van der Waals surface area contributed by atoms with Crippen molar-refractivity contribution in [2.45, 2.75) is 58.7 Å². The minimum absolute atomic E-state index is 0.0306. The summed E-state index contributed by atoms with van der Waals surface area (Å²) in [5.74, 6) is -0.317. The second kappa shape index (κ2) is 13.2. The zero-order valence-electron chi connectivity index (χ0n) is 21.5. The number of sulfonamides is 1. The lowest BCUT2D eigenvalue weighted by Crippen LogP contribution is -2.49. The first-order valence-electron chi connectivity index (χ1n) is 11.9. The first kappa shape index (κ1) is 29.1. The van der Waals surface area contributed by atoms with E-state index >= 15 is 0 Å². The number of benzene rings is 2. The van der Waals surface area contributed by atoms with E-state index in [1.807, 2.05) is 26.0 Å². The molecule has 0 aliphatic rings. The summed E-state index contributed by atoms with van der Waals surface area (Å²) in [6, 6.07) is 11.6. The summed E-state index contributed by atoms with van der Waals surface area (Å²) in [6.45, 7) is 5.80. The van der Waals surface area contributed by atoms with E-state index in [1.54, 1.807) is 26.2 Å². The molecular formula is C26H36FN3O5S. The fourth-order valence-corrected chi connectivity index (χ4v) is 4.55. The van der Waals surface area contributed by atoms with E-state index in [0.29, 0.717) is 11.4 Å². The third-order valence-corrected chi connectivity index (χ3v) is 7.14. The van der Waals surface area contributed by atoms with Gasteiger partial charge in [0.2, 0.25) is 21.8 Å². The number of nitrogens with one attached hydrogen (secondary N) is 1. The number of carbonyl (C=O) groups excluding carboxylic acids is 2. The molecule has 8 nitrogen and oxygen atoms in total. The molecule has 2 rings (SSSR count). The van der Waals surface area contributed by atoms with Crippen LogP contribution in [-0.2, 0) is 26.2 Å². The Kier molecular flexibility index (Phi) is 10.7. The second-order valence-corrected chi connectivity index (χ2v) is 10.7. The predicted octanol–water partition coefficient (Wildman–Crippen LogP) is 3.71. The van der Waals surface area contributed by atoms with Crippen LogP contribution < -0.4 is 14.4 Å². The van der Waals surface area contributed by atoms with Crippen molar-refractivity contribution in [3.05, 3.63) is 59.9 Å². The van der Waals surface area contributed by atoms with E-state index < -0.39 is 21.9 Å². The molecule has 2 atom stereocenters. The average molecular weight is 522 g/mol. The lowest BCUT2D eigenvalue weighted by Gasteiger charge is -2.30. The molecule has 0 saturated carbocycles. The summed E-state index contributed by atoms with van der Waals surface area (Å²) in [7, 11) is -2.07. The second-order valence-electron chi connectivity index (χ2n) is 8.78. The number of hydrogen-bond donors (Lipinski definition) is 1. The molecule has 198 valence electrons. The van der Waals surface area contributed by atoms with Gasteiger partial charge in [0.1, 0.15) is 17.6 Å². The molecule has 0 aromatic heterocycles. The Morgan fingerprint density at radius 2 is 1.67 bits per heavy atom. The summed E-state index contributed by atoms with van der Waals surface area (Å²) in [5.41, 5.74) is 1.15. The molecule has 0 radical (unpaired) electrons. The maximum Gasteiger partial charge on any atom is 0.242 e. The minimum atomic E-state index is -3.64. The minimum Gasteiger partial charge on any atom is -0.497 e. The van der Waals surface area contributed by atoms with E-state index in [-0.39, 0.29) is 43.8 Å². The lowest BCUT2D eigenvalue weighted by molar-refractivity contribution is -0.140. The molecule has 36 heavy (non-hydrogen) atoms. The Bertz CT molecular complexity index is 1110. The van der Waals surface area contributed by atoms with E-state index in [4.69, 9.17) is 4.74 Å². The number of halogens is 1. The zero-order chi connectivity index (χ0) is 26.9. The monoisotopic (exact) mass is 521 g/mol. The van der Waals surface area contributed by atoms with Crippen LogP contribution in [0.4, 0.5) is 10.1 Å². The first-order valence-corrected chi connectivity index (χ1v) is 13.8. The van der Waals surface area contributed by atoms with Gasteiger partial charge in [-0.05, 0) is 68.7 Å². The van der Waals surface area contributed by atoms with Crippen molar-refractivity contribution in [3.63, 3.8) is 0 Å². The fourth-order valence-electron chi connectivity index (χ4n) is 3.59. The lowest BCUT2D eigenvalue weighted by atomic mass is 10.1. The number of methoxy groups -OCH3 is 1. The molecule has 0 aliphatic carbocycles. The Balaban J connectivity index is 2.17. The topological polar surface area (TPSA) is 96.0 Å². The van der Waals surface area contributed by atoms with Gasteiger partial charge >= 0.3 is 0 Å². The van der Waals surface area contributed by atoms with Crippen molar-refractivity contribution < 1.29 is 27.1 Å². The molecule has 0 unspecified atom stereocenters. The van der Waals surface area contributed by atoms with Crippen LogP contribution in [0.2, 0.25) is 0 Å². The standard InChI is InChI=1S/C26H36FN3O5S/c1-6-19(2)28-26(32)20(3)29(18-21-9-15-24(35-4)16-10-21)25(31)8-7-17-30(36(5,33)34)23-13-11-22(27)12-14-23/h9-16,19-20H,6-8,17-18H2,1-5H3,(H,28,32)/t19-,20+/m0/s1. The molecule has 2 aromatic carbocycles. The van der Waals surface area contributed by atoms with E-state index in [9.17, 15) is 22.4 Å². The summed E-state index contributed by atoms with van der Waals surface area (Å²) in [4.78, 5) is 27.6. The van der Waals surface area contributed by atoms with Crippen LogP contribution in [0.1, 0.15) is 45.6 Å². The van der Waals surface area contributed by atoms with Crippen molar-refractivity contribution in [1.82, 2.24) is 10.2 Å². The van der Waals surface area contributed by atoms with Gasteiger partial charge in [-0.1, -0.05) is 19.1 Å². The predicted molar refractivity (Wildman–Crippen MR) is 139 cm³/mol. The quantitative estimate of drug-likeness (QED) is 0.434. The molecular weight excluding hydrogens is 485 g/mol. The zero-order valence-corrected chi connectivity index (χ0v) is 22.3. The van der Waals surface area contributed by atoms with Crippen LogP contribution >= 0.6 is 0 Å². The van der Waals surface area contributed by atoms with Crippen LogP contribution in [0.25, 0.3) is 0 Å². The van der Waals surface area contributed by atoms with E-state index in [2.05, 4.69) is 5.32 Å². The first-order chi connectivity index (χ1) is 17.0. The van der Waals surface area contributed by atoms with Crippen LogP contribution in [0.15, 0.2) is 48.5 Å². The molecule has 0 aliphatic heterocycles. The van der Waals surface area contributed by atoms with Crippen LogP contribution in [0, 0.1) is 5.82 Å². The molecule has 1 N–H and O–H groups in total. The number of hydrogen-bond acceptors (Lipinski definition) is 5. The summed E-state index contributed by atoms with van der Waals surface area (Å²) < 4.78 is 44.3. The highest BCUT2D eigenvalue weighted by atomic mass is 32.2. The molecule has 0 fully saturated rings. The number of nitrogens with zero attached hydrogens (tertiary/aromatic N) is 2. The van der Waals surface area contributed by atoms with Gasteiger partial charge in [0.05, 0.1) is 19.1 Å². The fraction of sp³-hybridized carbons (Fsp3) is 0.462. The molecule has 0 bridgehead atoms. The number of amides is 2. The van der Waals surface area contributed by atoms with Crippen molar-refractivity contribution in [1.29, 1.82) is 0 Å². The largest absolute Gasteiger partial charge is 0.497 e. The van der Waals surface area contributed by atoms with Gasteiger partial charge in [-0.25, -0.2) is 12.8 Å². The third-order valence-electron chi connectivity index (χ3n) is 5.95. The SMILES string of the molecule is CC[C@H](C)NC(=O)[C@@H](C)N(Cc1ccc(OC)cc1)C(=O)CCCN(c1ccc(F)cc1)S(C)(=O)=O. The van der Waals surface area contributed by atoms with Gasteiger partial charge in [-0.15, -0.1) is 0 Å². The maximum absolute atomic E-state index is 13.3.